The van der Waals surface area contributed by atoms with E-state index in [4.69, 9.17) is 15.9 Å². The van der Waals surface area contributed by atoms with Crippen LogP contribution in [-0.4, -0.2) is 24.6 Å². The fourth-order valence-electron chi connectivity index (χ4n) is 2.43. The lowest BCUT2D eigenvalue weighted by molar-refractivity contribution is 0.0934. The van der Waals surface area contributed by atoms with E-state index in [0.717, 1.165) is 17.7 Å². The SMILES string of the molecule is C#CCOc1cc(C(=O)NC(CC)c2cc(C)ccn2)ccc1OC. The average Bonchev–Trinajstić information content (AvgIpc) is 2.63. The van der Waals surface area contributed by atoms with E-state index in [9.17, 15) is 4.79 Å². The first-order chi connectivity index (χ1) is 12.1. The van der Waals surface area contributed by atoms with E-state index in [1.165, 1.54) is 7.11 Å². The van der Waals surface area contributed by atoms with E-state index in [0.29, 0.717) is 17.1 Å². The second-order valence-electron chi connectivity index (χ2n) is 5.55. The number of aryl methyl sites for hydroxylation is 1. The molecule has 1 aromatic carbocycles. The van der Waals surface area contributed by atoms with Gasteiger partial charge in [0.2, 0.25) is 0 Å². The highest BCUT2D eigenvalue weighted by Gasteiger charge is 2.17. The smallest absolute Gasteiger partial charge is 0.251 e. The molecule has 1 heterocycles. The van der Waals surface area contributed by atoms with Gasteiger partial charge >= 0.3 is 0 Å². The summed E-state index contributed by atoms with van der Waals surface area (Å²) in [5.74, 6) is 3.16. The van der Waals surface area contributed by atoms with Gasteiger partial charge in [0.1, 0.15) is 6.61 Å². The topological polar surface area (TPSA) is 60.5 Å². The Hall–Kier alpha value is -3.00. The summed E-state index contributed by atoms with van der Waals surface area (Å²) in [5.41, 5.74) is 2.42. The molecule has 0 aliphatic heterocycles. The minimum absolute atomic E-state index is 0.103. The Kier molecular flexibility index (Phi) is 6.41. The summed E-state index contributed by atoms with van der Waals surface area (Å²) in [6.45, 7) is 4.11. The molecule has 0 spiro atoms. The summed E-state index contributed by atoms with van der Waals surface area (Å²) >= 11 is 0. The number of carbonyl (C=O) groups is 1. The number of rotatable bonds is 7. The molecule has 1 atom stereocenters. The van der Waals surface area contributed by atoms with Gasteiger partial charge in [0.25, 0.3) is 5.91 Å². The maximum atomic E-state index is 12.6. The van der Waals surface area contributed by atoms with Gasteiger partial charge in [-0.05, 0) is 49.2 Å². The summed E-state index contributed by atoms with van der Waals surface area (Å²) in [4.78, 5) is 17.0. The highest BCUT2D eigenvalue weighted by atomic mass is 16.5. The van der Waals surface area contributed by atoms with Crippen molar-refractivity contribution in [2.45, 2.75) is 26.3 Å². The second-order valence-corrected chi connectivity index (χ2v) is 5.55. The normalized spacial score (nSPS) is 11.3. The Morgan fingerprint density at radius 3 is 2.76 bits per heavy atom. The molecule has 1 aromatic heterocycles. The second kappa shape index (κ2) is 8.74. The van der Waals surface area contributed by atoms with Crippen molar-refractivity contribution in [1.29, 1.82) is 0 Å². The minimum Gasteiger partial charge on any atom is -0.493 e. The van der Waals surface area contributed by atoms with E-state index in [-0.39, 0.29) is 18.6 Å². The Balaban J connectivity index is 2.20. The Morgan fingerprint density at radius 1 is 1.32 bits per heavy atom. The lowest BCUT2D eigenvalue weighted by Gasteiger charge is -2.17. The predicted molar refractivity (Wildman–Crippen MR) is 96.8 cm³/mol. The number of nitrogens with one attached hydrogen (secondary N) is 1. The van der Waals surface area contributed by atoms with Crippen LogP contribution in [0, 0.1) is 19.3 Å². The Morgan fingerprint density at radius 2 is 2.12 bits per heavy atom. The summed E-state index contributed by atoms with van der Waals surface area (Å²) in [6, 6.07) is 8.74. The van der Waals surface area contributed by atoms with Crippen LogP contribution < -0.4 is 14.8 Å². The molecular formula is C20H22N2O3. The van der Waals surface area contributed by atoms with E-state index in [1.807, 2.05) is 26.0 Å². The van der Waals surface area contributed by atoms with Crippen LogP contribution in [0.4, 0.5) is 0 Å². The Bertz CT molecular complexity index is 781. The van der Waals surface area contributed by atoms with E-state index >= 15 is 0 Å². The first-order valence-corrected chi connectivity index (χ1v) is 8.06. The zero-order chi connectivity index (χ0) is 18.2. The van der Waals surface area contributed by atoms with Crippen molar-refractivity contribution in [1.82, 2.24) is 10.3 Å². The maximum absolute atomic E-state index is 12.6. The number of nitrogens with zero attached hydrogens (tertiary/aromatic N) is 1. The number of terminal acetylenes is 1. The number of benzene rings is 1. The molecule has 1 N–H and O–H groups in total. The lowest BCUT2D eigenvalue weighted by Crippen LogP contribution is -2.28. The van der Waals surface area contributed by atoms with Crippen molar-refractivity contribution < 1.29 is 14.3 Å². The molecule has 0 aliphatic carbocycles. The van der Waals surface area contributed by atoms with Crippen LogP contribution >= 0.6 is 0 Å². The van der Waals surface area contributed by atoms with Crippen LogP contribution in [0.1, 0.15) is 41.0 Å². The number of hydrogen-bond donors (Lipinski definition) is 1. The molecular weight excluding hydrogens is 316 g/mol. The molecule has 1 unspecified atom stereocenters. The number of methoxy groups -OCH3 is 1. The number of carbonyl (C=O) groups excluding carboxylic acids is 1. The van der Waals surface area contributed by atoms with Crippen molar-refractivity contribution in [2.75, 3.05) is 13.7 Å². The highest BCUT2D eigenvalue weighted by molar-refractivity contribution is 5.95. The largest absolute Gasteiger partial charge is 0.493 e. The van der Waals surface area contributed by atoms with Gasteiger partial charge < -0.3 is 14.8 Å². The predicted octanol–water partition coefficient (Wildman–Crippen LogP) is 3.29. The lowest BCUT2D eigenvalue weighted by atomic mass is 10.1. The molecule has 0 fully saturated rings. The van der Waals surface area contributed by atoms with Gasteiger partial charge in [-0.15, -0.1) is 6.42 Å². The molecule has 25 heavy (non-hydrogen) atoms. The summed E-state index contributed by atoms with van der Waals surface area (Å²) in [7, 11) is 1.54. The zero-order valence-electron chi connectivity index (χ0n) is 14.7. The van der Waals surface area contributed by atoms with Crippen LogP contribution in [-0.2, 0) is 0 Å². The monoisotopic (exact) mass is 338 g/mol. The first kappa shape index (κ1) is 18.3. The van der Waals surface area contributed by atoms with E-state index < -0.39 is 0 Å². The molecule has 2 rings (SSSR count). The summed E-state index contributed by atoms with van der Waals surface area (Å²) < 4.78 is 10.7. The van der Waals surface area contributed by atoms with E-state index in [2.05, 4.69) is 16.2 Å². The van der Waals surface area contributed by atoms with Crippen molar-refractivity contribution in [3.8, 4) is 23.8 Å². The fourth-order valence-corrected chi connectivity index (χ4v) is 2.43. The zero-order valence-corrected chi connectivity index (χ0v) is 14.7. The highest BCUT2D eigenvalue weighted by Crippen LogP contribution is 2.28. The molecule has 0 radical (unpaired) electrons. The molecule has 2 aromatic rings. The van der Waals surface area contributed by atoms with Gasteiger partial charge in [0, 0.05) is 11.8 Å². The van der Waals surface area contributed by atoms with Gasteiger partial charge in [-0.25, -0.2) is 0 Å². The summed E-state index contributed by atoms with van der Waals surface area (Å²) in [5, 5.41) is 3.01. The first-order valence-electron chi connectivity index (χ1n) is 8.06. The van der Waals surface area contributed by atoms with Crippen LogP contribution in [0.25, 0.3) is 0 Å². The fraction of sp³-hybridized carbons (Fsp3) is 0.300. The van der Waals surface area contributed by atoms with Crippen LogP contribution in [0.3, 0.4) is 0 Å². The maximum Gasteiger partial charge on any atom is 0.251 e. The molecule has 0 saturated carbocycles. The number of ether oxygens (including phenoxy) is 2. The van der Waals surface area contributed by atoms with Gasteiger partial charge in [-0.2, -0.15) is 0 Å². The minimum atomic E-state index is -0.205. The molecule has 0 aliphatic rings. The van der Waals surface area contributed by atoms with Gasteiger partial charge in [0.15, 0.2) is 11.5 Å². The number of amides is 1. The quantitative estimate of drug-likeness (QED) is 0.787. The molecule has 1 amide bonds. The third kappa shape index (κ3) is 4.74. The third-order valence-corrected chi connectivity index (χ3v) is 3.74. The number of aromatic nitrogens is 1. The van der Waals surface area contributed by atoms with Crippen molar-refractivity contribution in [3.05, 3.63) is 53.3 Å². The van der Waals surface area contributed by atoms with Crippen molar-refractivity contribution in [3.63, 3.8) is 0 Å². The Labute approximate surface area is 148 Å². The van der Waals surface area contributed by atoms with Crippen LogP contribution in [0.2, 0.25) is 0 Å². The number of pyridine rings is 1. The molecule has 130 valence electrons. The van der Waals surface area contributed by atoms with Crippen LogP contribution in [0.15, 0.2) is 36.5 Å². The van der Waals surface area contributed by atoms with Gasteiger partial charge in [-0.3, -0.25) is 9.78 Å². The third-order valence-electron chi connectivity index (χ3n) is 3.74. The molecule has 0 bridgehead atoms. The summed E-state index contributed by atoms with van der Waals surface area (Å²) in [6.07, 6.45) is 7.71. The molecule has 5 heteroatoms. The van der Waals surface area contributed by atoms with E-state index in [1.54, 1.807) is 24.4 Å². The average molecular weight is 338 g/mol. The number of hydrogen-bond acceptors (Lipinski definition) is 4. The molecule has 0 saturated heterocycles. The van der Waals surface area contributed by atoms with Gasteiger partial charge in [-0.1, -0.05) is 12.8 Å². The van der Waals surface area contributed by atoms with Crippen LogP contribution in [0.5, 0.6) is 11.5 Å². The standard InChI is InChI=1S/C20H22N2O3/c1-5-11-25-19-13-15(7-8-18(19)24-4)20(23)22-16(6-2)17-12-14(3)9-10-21-17/h1,7-10,12-13,16H,6,11H2,2-4H3,(H,22,23). The van der Waals surface area contributed by atoms with Crippen molar-refractivity contribution >= 4 is 5.91 Å². The van der Waals surface area contributed by atoms with Gasteiger partial charge in [0.05, 0.1) is 18.8 Å². The molecule has 5 nitrogen and oxygen atoms in total. The van der Waals surface area contributed by atoms with Crippen molar-refractivity contribution in [2.24, 2.45) is 0 Å².